The van der Waals surface area contributed by atoms with Gasteiger partial charge < -0.3 is 4.74 Å². The minimum Gasteiger partial charge on any atom is -0.494 e. The number of hydrogen-bond acceptors (Lipinski definition) is 2. The molecule has 2 nitrogen and oxygen atoms in total. The van der Waals surface area contributed by atoms with E-state index in [9.17, 15) is 0 Å². The highest BCUT2D eigenvalue weighted by atomic mass is 16.5. The Morgan fingerprint density at radius 2 is 1.60 bits per heavy atom. The van der Waals surface area contributed by atoms with E-state index in [0.29, 0.717) is 11.5 Å². The first-order valence-corrected chi connectivity index (χ1v) is 8.95. The number of allylic oxidation sites excluding steroid dienone is 2. The lowest BCUT2D eigenvalue weighted by atomic mass is 10.0. The normalized spacial score (nSPS) is 11.4. The van der Waals surface area contributed by atoms with Crippen molar-refractivity contribution in [1.29, 1.82) is 5.26 Å². The van der Waals surface area contributed by atoms with Gasteiger partial charge in [0.2, 0.25) is 0 Å². The maximum Gasteiger partial charge on any atom is 0.119 e. The van der Waals surface area contributed by atoms with Crippen LogP contribution in [0.1, 0.15) is 45.6 Å². The summed E-state index contributed by atoms with van der Waals surface area (Å²) < 4.78 is 5.87. The van der Waals surface area contributed by atoms with Crippen LogP contribution in [-0.2, 0) is 0 Å². The summed E-state index contributed by atoms with van der Waals surface area (Å²) >= 11 is 0. The largest absolute Gasteiger partial charge is 0.494 e. The smallest absolute Gasteiger partial charge is 0.119 e. The maximum atomic E-state index is 8.86. The molecule has 0 saturated heterocycles. The Hall–Kier alpha value is -2.53. The summed E-state index contributed by atoms with van der Waals surface area (Å²) in [6.45, 7) is 7.34. The average Bonchev–Trinajstić information content (AvgIpc) is 2.62. The molecular formula is C23H27NO. The monoisotopic (exact) mass is 333 g/mol. The van der Waals surface area contributed by atoms with Crippen molar-refractivity contribution in [3.8, 4) is 22.9 Å². The van der Waals surface area contributed by atoms with Gasteiger partial charge in [0.15, 0.2) is 0 Å². The first kappa shape index (κ1) is 18.8. The molecule has 0 amide bonds. The molecule has 2 rings (SSSR count). The number of hydrogen-bond donors (Lipinski definition) is 0. The average molecular weight is 333 g/mol. The van der Waals surface area contributed by atoms with Gasteiger partial charge >= 0.3 is 0 Å². The summed E-state index contributed by atoms with van der Waals surface area (Å²) in [6.07, 6.45) is 5.75. The molecule has 130 valence electrons. The standard InChI is InChI=1S/C23H27NO/c1-18(2)5-4-6-19(3)15-16-25-23-13-11-22(12-14-23)21-9-7-20(17-24)8-10-21/h5,7-14,19H,4,6,15-16H2,1-3H3/t19-/m1/s1. The van der Waals surface area contributed by atoms with Crippen LogP contribution in [0.5, 0.6) is 5.75 Å². The van der Waals surface area contributed by atoms with E-state index in [1.165, 1.54) is 12.0 Å². The van der Waals surface area contributed by atoms with E-state index in [4.69, 9.17) is 10.00 Å². The number of rotatable bonds is 8. The van der Waals surface area contributed by atoms with Crippen LogP contribution in [0.25, 0.3) is 11.1 Å². The van der Waals surface area contributed by atoms with E-state index in [2.05, 4.69) is 45.0 Å². The highest BCUT2D eigenvalue weighted by Gasteiger charge is 2.03. The zero-order valence-electron chi connectivity index (χ0n) is 15.5. The molecule has 0 aliphatic rings. The number of nitrogens with zero attached hydrogens (tertiary/aromatic N) is 1. The van der Waals surface area contributed by atoms with Crippen LogP contribution >= 0.6 is 0 Å². The third-order valence-corrected chi connectivity index (χ3v) is 4.29. The molecule has 0 spiro atoms. The van der Waals surface area contributed by atoms with Crippen molar-refractivity contribution < 1.29 is 4.74 Å². The first-order valence-electron chi connectivity index (χ1n) is 8.95. The molecule has 0 unspecified atom stereocenters. The summed E-state index contributed by atoms with van der Waals surface area (Å²) in [6, 6.07) is 17.9. The Morgan fingerprint density at radius 3 is 2.16 bits per heavy atom. The van der Waals surface area contributed by atoms with Gasteiger partial charge in [0, 0.05) is 0 Å². The van der Waals surface area contributed by atoms with Crippen molar-refractivity contribution in [1.82, 2.24) is 0 Å². The molecule has 0 radical (unpaired) electrons. The van der Waals surface area contributed by atoms with Crippen molar-refractivity contribution >= 4 is 0 Å². The fourth-order valence-corrected chi connectivity index (χ4v) is 2.66. The fourth-order valence-electron chi connectivity index (χ4n) is 2.66. The summed E-state index contributed by atoms with van der Waals surface area (Å²) in [5.41, 5.74) is 4.32. The van der Waals surface area contributed by atoms with Gasteiger partial charge in [-0.2, -0.15) is 5.26 Å². The fraction of sp³-hybridized carbons (Fsp3) is 0.348. The van der Waals surface area contributed by atoms with Gasteiger partial charge in [0.1, 0.15) is 5.75 Å². The third-order valence-electron chi connectivity index (χ3n) is 4.29. The van der Waals surface area contributed by atoms with E-state index >= 15 is 0 Å². The predicted molar refractivity (Wildman–Crippen MR) is 105 cm³/mol. The molecule has 1 atom stereocenters. The molecule has 2 aromatic rings. The van der Waals surface area contributed by atoms with Crippen molar-refractivity contribution in [3.05, 3.63) is 65.7 Å². The van der Waals surface area contributed by atoms with E-state index in [1.807, 2.05) is 36.4 Å². The molecule has 2 heteroatoms. The highest BCUT2D eigenvalue weighted by Crippen LogP contribution is 2.23. The van der Waals surface area contributed by atoms with Crippen LogP contribution in [-0.4, -0.2) is 6.61 Å². The molecule has 0 bridgehead atoms. The van der Waals surface area contributed by atoms with E-state index in [-0.39, 0.29) is 0 Å². The third kappa shape index (κ3) is 6.47. The molecule has 2 aromatic carbocycles. The van der Waals surface area contributed by atoms with Crippen LogP contribution in [0, 0.1) is 17.2 Å². The molecule has 0 N–H and O–H groups in total. The minimum absolute atomic E-state index is 0.675. The second-order valence-corrected chi connectivity index (χ2v) is 6.81. The van der Waals surface area contributed by atoms with Gasteiger partial charge in [0.05, 0.1) is 18.2 Å². The van der Waals surface area contributed by atoms with Gasteiger partial charge in [-0.3, -0.25) is 0 Å². The zero-order valence-corrected chi connectivity index (χ0v) is 15.5. The van der Waals surface area contributed by atoms with E-state index in [1.54, 1.807) is 0 Å². The van der Waals surface area contributed by atoms with Crippen molar-refractivity contribution in [2.75, 3.05) is 6.61 Å². The van der Waals surface area contributed by atoms with E-state index < -0.39 is 0 Å². The molecule has 0 saturated carbocycles. The Balaban J connectivity index is 1.80. The summed E-state index contributed by atoms with van der Waals surface area (Å²) in [5.74, 6) is 1.59. The lowest BCUT2D eigenvalue weighted by molar-refractivity contribution is 0.279. The highest BCUT2D eigenvalue weighted by molar-refractivity contribution is 5.64. The Bertz CT molecular complexity index is 716. The van der Waals surface area contributed by atoms with Crippen LogP contribution in [0.3, 0.4) is 0 Å². The van der Waals surface area contributed by atoms with Crippen LogP contribution < -0.4 is 4.74 Å². The molecule has 0 fully saturated rings. The van der Waals surface area contributed by atoms with Crippen LogP contribution in [0.2, 0.25) is 0 Å². The Labute approximate surface area is 151 Å². The lowest BCUT2D eigenvalue weighted by Gasteiger charge is -2.12. The quantitative estimate of drug-likeness (QED) is 0.525. The molecular weight excluding hydrogens is 306 g/mol. The number of nitriles is 1. The first-order chi connectivity index (χ1) is 12.1. The zero-order chi connectivity index (χ0) is 18.1. The van der Waals surface area contributed by atoms with Gasteiger partial charge in [0.25, 0.3) is 0 Å². The molecule has 0 aliphatic carbocycles. The summed E-state index contributed by atoms with van der Waals surface area (Å²) in [5, 5.41) is 8.86. The van der Waals surface area contributed by atoms with E-state index in [0.717, 1.165) is 36.3 Å². The SMILES string of the molecule is CC(C)=CCC[C@@H](C)CCOc1ccc(-c2ccc(C#N)cc2)cc1. The predicted octanol–water partition coefficient (Wildman–Crippen LogP) is 6.38. The minimum atomic E-state index is 0.675. The Kier molecular flexibility index (Phi) is 7.29. The molecule has 0 heterocycles. The lowest BCUT2D eigenvalue weighted by Crippen LogP contribution is -2.04. The van der Waals surface area contributed by atoms with Gasteiger partial charge in [-0.25, -0.2) is 0 Å². The molecule has 0 aromatic heterocycles. The maximum absolute atomic E-state index is 8.86. The second kappa shape index (κ2) is 9.69. The second-order valence-electron chi connectivity index (χ2n) is 6.81. The van der Waals surface area contributed by atoms with Gasteiger partial charge in [-0.1, -0.05) is 42.8 Å². The number of benzene rings is 2. The molecule has 25 heavy (non-hydrogen) atoms. The summed E-state index contributed by atoms with van der Waals surface area (Å²) in [7, 11) is 0. The number of ether oxygens (including phenoxy) is 1. The van der Waals surface area contributed by atoms with Crippen LogP contribution in [0.15, 0.2) is 60.2 Å². The molecule has 0 aliphatic heterocycles. The van der Waals surface area contributed by atoms with Crippen LogP contribution in [0.4, 0.5) is 0 Å². The Morgan fingerprint density at radius 1 is 1.00 bits per heavy atom. The van der Waals surface area contributed by atoms with Crippen molar-refractivity contribution in [3.63, 3.8) is 0 Å². The topological polar surface area (TPSA) is 33.0 Å². The van der Waals surface area contributed by atoms with Gasteiger partial charge in [-0.15, -0.1) is 0 Å². The van der Waals surface area contributed by atoms with Crippen molar-refractivity contribution in [2.45, 2.75) is 40.0 Å². The van der Waals surface area contributed by atoms with Gasteiger partial charge in [-0.05, 0) is 74.4 Å². The van der Waals surface area contributed by atoms with Crippen molar-refractivity contribution in [2.24, 2.45) is 5.92 Å². The summed E-state index contributed by atoms with van der Waals surface area (Å²) in [4.78, 5) is 0.